The van der Waals surface area contributed by atoms with Gasteiger partial charge in [-0.2, -0.15) is 5.26 Å². The molecule has 0 aliphatic carbocycles. The number of ether oxygens (including phenoxy) is 2. The van der Waals surface area contributed by atoms with E-state index in [4.69, 9.17) is 9.47 Å². The highest BCUT2D eigenvalue weighted by molar-refractivity contribution is 6.09. The van der Waals surface area contributed by atoms with Crippen molar-refractivity contribution in [3.8, 4) is 17.6 Å². The van der Waals surface area contributed by atoms with Crippen molar-refractivity contribution in [3.05, 3.63) is 58.7 Å². The van der Waals surface area contributed by atoms with E-state index in [1.807, 2.05) is 32.0 Å². The van der Waals surface area contributed by atoms with Gasteiger partial charge in [0.15, 0.2) is 11.5 Å². The van der Waals surface area contributed by atoms with Crippen LogP contribution in [0.25, 0.3) is 6.08 Å². The summed E-state index contributed by atoms with van der Waals surface area (Å²) in [4.78, 5) is 12.4. The van der Waals surface area contributed by atoms with E-state index in [9.17, 15) is 10.1 Å². The lowest BCUT2D eigenvalue weighted by Crippen LogP contribution is -2.13. The molecule has 0 spiro atoms. The Kier molecular flexibility index (Phi) is 5.80. The first-order valence-electron chi connectivity index (χ1n) is 7.71. The van der Waals surface area contributed by atoms with Crippen LogP contribution in [0.2, 0.25) is 0 Å². The third-order valence-corrected chi connectivity index (χ3v) is 3.86. The van der Waals surface area contributed by atoms with Crippen LogP contribution in [-0.4, -0.2) is 20.1 Å². The fraction of sp³-hybridized carbons (Fsp3) is 0.200. The predicted octanol–water partition coefficient (Wildman–Crippen LogP) is 3.87. The van der Waals surface area contributed by atoms with Crippen LogP contribution in [-0.2, 0) is 4.79 Å². The lowest BCUT2D eigenvalue weighted by atomic mass is 10.1. The first kappa shape index (κ1) is 18.1. The van der Waals surface area contributed by atoms with Crippen LogP contribution in [0.3, 0.4) is 0 Å². The van der Waals surface area contributed by atoms with E-state index < -0.39 is 5.91 Å². The van der Waals surface area contributed by atoms with E-state index in [2.05, 4.69) is 5.32 Å². The molecule has 0 aliphatic rings. The molecule has 2 rings (SSSR count). The van der Waals surface area contributed by atoms with Gasteiger partial charge in [-0.1, -0.05) is 18.2 Å². The van der Waals surface area contributed by atoms with Crippen molar-refractivity contribution < 1.29 is 14.3 Å². The largest absolute Gasteiger partial charge is 0.493 e. The van der Waals surface area contributed by atoms with Gasteiger partial charge in [0.05, 0.1) is 14.2 Å². The molecule has 5 nitrogen and oxygen atoms in total. The minimum absolute atomic E-state index is 0.0234. The maximum atomic E-state index is 12.4. The molecular formula is C20H20N2O3. The van der Waals surface area contributed by atoms with Gasteiger partial charge >= 0.3 is 0 Å². The van der Waals surface area contributed by atoms with Crippen molar-refractivity contribution in [2.45, 2.75) is 13.8 Å². The van der Waals surface area contributed by atoms with Crippen LogP contribution < -0.4 is 14.8 Å². The summed E-state index contributed by atoms with van der Waals surface area (Å²) in [5.41, 5.74) is 3.41. The molecule has 0 saturated heterocycles. The molecule has 0 aromatic heterocycles. The summed E-state index contributed by atoms with van der Waals surface area (Å²) in [6.07, 6.45) is 1.48. The van der Waals surface area contributed by atoms with Gasteiger partial charge in [0.2, 0.25) is 0 Å². The summed E-state index contributed by atoms with van der Waals surface area (Å²) in [6.45, 7) is 3.96. The highest BCUT2D eigenvalue weighted by atomic mass is 16.5. The van der Waals surface area contributed by atoms with Gasteiger partial charge in [-0.05, 0) is 49.2 Å². The molecular weight excluding hydrogens is 316 g/mol. The number of rotatable bonds is 5. The zero-order chi connectivity index (χ0) is 18.4. The maximum Gasteiger partial charge on any atom is 0.266 e. The van der Waals surface area contributed by atoms with Gasteiger partial charge in [-0.15, -0.1) is 0 Å². The third-order valence-electron chi connectivity index (χ3n) is 3.86. The Morgan fingerprint density at radius 3 is 2.48 bits per heavy atom. The van der Waals surface area contributed by atoms with Gasteiger partial charge in [0.1, 0.15) is 11.6 Å². The van der Waals surface area contributed by atoms with E-state index in [0.29, 0.717) is 22.7 Å². The number of nitrogens with zero attached hydrogens (tertiary/aromatic N) is 1. The molecule has 5 heteroatoms. The topological polar surface area (TPSA) is 71.3 Å². The van der Waals surface area contributed by atoms with Crippen molar-refractivity contribution in [1.82, 2.24) is 0 Å². The van der Waals surface area contributed by atoms with Crippen molar-refractivity contribution >= 4 is 17.7 Å². The summed E-state index contributed by atoms with van der Waals surface area (Å²) >= 11 is 0. The predicted molar refractivity (Wildman–Crippen MR) is 97.7 cm³/mol. The van der Waals surface area contributed by atoms with Crippen LogP contribution in [0, 0.1) is 25.2 Å². The standard InChI is InChI=1S/C20H20N2O3/c1-13-8-9-17(10-14(13)2)22-20(23)16(12-21)11-15-6-5-7-18(24-3)19(15)25-4/h5-11H,1-4H3,(H,22,23)/b16-11-. The Labute approximate surface area is 147 Å². The van der Waals surface area contributed by atoms with E-state index in [0.717, 1.165) is 11.1 Å². The summed E-state index contributed by atoms with van der Waals surface area (Å²) in [6, 6.07) is 12.8. The first-order valence-corrected chi connectivity index (χ1v) is 7.71. The number of hydrogen-bond acceptors (Lipinski definition) is 4. The van der Waals surface area contributed by atoms with Gasteiger partial charge < -0.3 is 14.8 Å². The van der Waals surface area contributed by atoms with Crippen LogP contribution in [0.4, 0.5) is 5.69 Å². The van der Waals surface area contributed by atoms with Crippen molar-refractivity contribution in [2.75, 3.05) is 19.5 Å². The first-order chi connectivity index (χ1) is 12.0. The quantitative estimate of drug-likeness (QED) is 0.665. The number of amides is 1. The maximum absolute atomic E-state index is 12.4. The summed E-state index contributed by atoms with van der Waals surface area (Å²) < 4.78 is 10.6. The summed E-state index contributed by atoms with van der Waals surface area (Å²) in [7, 11) is 3.04. The Balaban J connectivity index is 2.33. The van der Waals surface area contributed by atoms with Crippen LogP contribution >= 0.6 is 0 Å². The van der Waals surface area contributed by atoms with E-state index in [1.54, 1.807) is 24.3 Å². The third kappa shape index (κ3) is 4.18. The highest BCUT2D eigenvalue weighted by Crippen LogP contribution is 2.32. The highest BCUT2D eigenvalue weighted by Gasteiger charge is 2.13. The van der Waals surface area contributed by atoms with Crippen molar-refractivity contribution in [2.24, 2.45) is 0 Å². The summed E-state index contributed by atoms with van der Waals surface area (Å²) in [5, 5.41) is 12.1. The number of anilines is 1. The monoisotopic (exact) mass is 336 g/mol. The van der Waals surface area contributed by atoms with Crippen LogP contribution in [0.15, 0.2) is 42.0 Å². The Morgan fingerprint density at radius 1 is 1.12 bits per heavy atom. The second-order valence-electron chi connectivity index (χ2n) is 5.51. The number of carbonyl (C=O) groups excluding carboxylic acids is 1. The minimum Gasteiger partial charge on any atom is -0.493 e. The molecule has 0 unspecified atom stereocenters. The van der Waals surface area contributed by atoms with Gasteiger partial charge in [0.25, 0.3) is 5.91 Å². The SMILES string of the molecule is COc1cccc(/C=C(/C#N)C(=O)Nc2ccc(C)c(C)c2)c1OC. The van der Waals surface area contributed by atoms with Crippen LogP contribution in [0.5, 0.6) is 11.5 Å². The molecule has 0 atom stereocenters. The number of aryl methyl sites for hydroxylation is 2. The molecule has 0 heterocycles. The second-order valence-corrected chi connectivity index (χ2v) is 5.51. The van der Waals surface area contributed by atoms with E-state index in [1.165, 1.54) is 20.3 Å². The second kappa shape index (κ2) is 8.02. The lowest BCUT2D eigenvalue weighted by molar-refractivity contribution is -0.112. The Morgan fingerprint density at radius 2 is 1.88 bits per heavy atom. The van der Waals surface area contributed by atoms with Gasteiger partial charge in [0, 0.05) is 11.3 Å². The number of nitriles is 1. The number of nitrogens with one attached hydrogen (secondary N) is 1. The molecule has 25 heavy (non-hydrogen) atoms. The number of benzene rings is 2. The number of methoxy groups -OCH3 is 2. The number of para-hydroxylation sites is 1. The fourth-order valence-electron chi connectivity index (χ4n) is 2.35. The zero-order valence-electron chi connectivity index (χ0n) is 14.7. The zero-order valence-corrected chi connectivity index (χ0v) is 14.7. The number of carbonyl (C=O) groups is 1. The molecule has 128 valence electrons. The molecule has 0 radical (unpaired) electrons. The molecule has 1 amide bonds. The van der Waals surface area contributed by atoms with Crippen molar-refractivity contribution in [3.63, 3.8) is 0 Å². The Hall–Kier alpha value is -3.26. The molecule has 2 aromatic rings. The molecule has 0 aliphatic heterocycles. The average molecular weight is 336 g/mol. The number of hydrogen-bond donors (Lipinski definition) is 1. The van der Waals surface area contributed by atoms with E-state index >= 15 is 0 Å². The molecule has 0 bridgehead atoms. The molecule has 0 saturated carbocycles. The average Bonchev–Trinajstić information content (AvgIpc) is 2.62. The van der Waals surface area contributed by atoms with Crippen molar-refractivity contribution in [1.29, 1.82) is 5.26 Å². The lowest BCUT2D eigenvalue weighted by Gasteiger charge is -2.11. The molecule has 1 N–H and O–H groups in total. The van der Waals surface area contributed by atoms with E-state index in [-0.39, 0.29) is 5.57 Å². The van der Waals surface area contributed by atoms with Gasteiger partial charge in [-0.3, -0.25) is 4.79 Å². The summed E-state index contributed by atoms with van der Waals surface area (Å²) in [5.74, 6) is 0.524. The molecule has 2 aromatic carbocycles. The minimum atomic E-state index is -0.476. The fourth-order valence-corrected chi connectivity index (χ4v) is 2.35. The smallest absolute Gasteiger partial charge is 0.266 e. The molecule has 0 fully saturated rings. The van der Waals surface area contributed by atoms with Crippen LogP contribution in [0.1, 0.15) is 16.7 Å². The normalized spacial score (nSPS) is 10.8. The van der Waals surface area contributed by atoms with Gasteiger partial charge in [-0.25, -0.2) is 0 Å². The Bertz CT molecular complexity index is 864.